The Morgan fingerprint density at radius 1 is 0.556 bits per heavy atom. The zero-order chi connectivity index (χ0) is 25.3. The van der Waals surface area contributed by atoms with Crippen LogP contribution in [0, 0.1) is 0 Å². The van der Waals surface area contributed by atoms with Crippen LogP contribution in [0.25, 0.3) is 0 Å². The summed E-state index contributed by atoms with van der Waals surface area (Å²) < 4.78 is 16.4. The van der Waals surface area contributed by atoms with Crippen molar-refractivity contribution in [3.05, 3.63) is 128 Å². The van der Waals surface area contributed by atoms with Gasteiger partial charge in [0.05, 0.1) is 0 Å². The summed E-state index contributed by atoms with van der Waals surface area (Å²) in [7, 11) is 0. The van der Waals surface area contributed by atoms with Crippen molar-refractivity contribution >= 4 is 29.0 Å². The number of hydrogen-bond donors (Lipinski definition) is 0. The van der Waals surface area contributed by atoms with E-state index in [-0.39, 0.29) is 0 Å². The number of carbonyl (C=O) groups is 2. The van der Waals surface area contributed by atoms with Gasteiger partial charge in [-0.25, -0.2) is 9.59 Å². The summed E-state index contributed by atoms with van der Waals surface area (Å²) in [5.74, 6) is 1.11. The van der Waals surface area contributed by atoms with Crippen molar-refractivity contribution in [2.45, 2.75) is 0 Å². The molecule has 0 heterocycles. The molecule has 0 bridgehead atoms. The van der Waals surface area contributed by atoms with Crippen LogP contribution in [-0.2, 0) is 9.59 Å². The molecule has 0 spiro atoms. The molecule has 0 fully saturated rings. The van der Waals surface area contributed by atoms with E-state index in [0.717, 1.165) is 35.0 Å². The Bertz CT molecular complexity index is 1360. The first-order valence-electron chi connectivity index (χ1n) is 11.1. The molecular formula is C30H23NO5. The van der Waals surface area contributed by atoms with Gasteiger partial charge in [0.15, 0.2) is 0 Å². The summed E-state index contributed by atoms with van der Waals surface area (Å²) in [4.78, 5) is 25.2. The summed E-state index contributed by atoms with van der Waals surface area (Å²) in [5.41, 5.74) is 2.37. The first-order chi connectivity index (χ1) is 17.6. The minimum absolute atomic E-state index is 0.378. The predicted molar refractivity (Wildman–Crippen MR) is 139 cm³/mol. The van der Waals surface area contributed by atoms with Gasteiger partial charge in [0.25, 0.3) is 0 Å². The predicted octanol–water partition coefficient (Wildman–Crippen LogP) is 7.13. The molecule has 0 unspecified atom stereocenters. The van der Waals surface area contributed by atoms with Crippen LogP contribution < -0.4 is 19.1 Å². The van der Waals surface area contributed by atoms with Crippen molar-refractivity contribution in [3.63, 3.8) is 0 Å². The third kappa shape index (κ3) is 6.07. The molecule has 4 aromatic carbocycles. The number of benzene rings is 4. The van der Waals surface area contributed by atoms with Gasteiger partial charge in [-0.3, -0.25) is 0 Å². The largest absolute Gasteiger partial charge is 0.457 e. The highest BCUT2D eigenvalue weighted by atomic mass is 16.5. The molecular weight excluding hydrogens is 454 g/mol. The fourth-order valence-corrected chi connectivity index (χ4v) is 3.40. The smallest absolute Gasteiger partial charge is 0.335 e. The maximum absolute atomic E-state index is 11.7. The highest BCUT2D eigenvalue weighted by Gasteiger charge is 2.15. The highest BCUT2D eigenvalue weighted by molar-refractivity contribution is 5.85. The molecule has 36 heavy (non-hydrogen) atoms. The third-order valence-electron chi connectivity index (χ3n) is 5.01. The molecule has 0 atom stereocenters. The molecule has 0 N–H and O–H groups in total. The zero-order valence-corrected chi connectivity index (χ0v) is 19.4. The highest BCUT2D eigenvalue weighted by Crippen LogP contribution is 2.38. The molecule has 0 aliphatic carbocycles. The van der Waals surface area contributed by atoms with Crippen molar-refractivity contribution in [2.75, 3.05) is 4.90 Å². The number of ether oxygens (including phenoxy) is 3. The topological polar surface area (TPSA) is 65.1 Å². The normalized spacial score (nSPS) is 10.1. The summed E-state index contributed by atoms with van der Waals surface area (Å²) in [6, 6.07) is 31.3. The molecule has 4 aromatic rings. The maximum atomic E-state index is 11.7. The van der Waals surface area contributed by atoms with Gasteiger partial charge in [0.2, 0.25) is 0 Å². The number of para-hydroxylation sites is 1. The van der Waals surface area contributed by atoms with Crippen molar-refractivity contribution < 1.29 is 23.8 Å². The van der Waals surface area contributed by atoms with Gasteiger partial charge in [-0.2, -0.15) is 0 Å². The minimum Gasteiger partial charge on any atom is -0.457 e. The SMILES string of the molecule is C=CC(=O)Oc1ccc(N(c2ccc(Oc3ccccc3)cc2)c2cccc(OC(=O)C=C)c2)cc1. The summed E-state index contributed by atoms with van der Waals surface area (Å²) in [6.45, 7) is 6.86. The lowest BCUT2D eigenvalue weighted by atomic mass is 10.1. The van der Waals surface area contributed by atoms with Crippen molar-refractivity contribution in [2.24, 2.45) is 0 Å². The average Bonchev–Trinajstić information content (AvgIpc) is 2.91. The van der Waals surface area contributed by atoms with E-state index in [1.165, 1.54) is 0 Å². The molecule has 0 saturated heterocycles. The standard InChI is InChI=1S/C30H23NO5/c1-3-29(32)35-27-19-15-23(16-20-27)31(24-9-8-12-28(21-24)36-30(33)4-2)22-13-17-26(18-14-22)34-25-10-6-5-7-11-25/h3-21H,1-2H2. The first-order valence-corrected chi connectivity index (χ1v) is 11.1. The van der Waals surface area contributed by atoms with Gasteiger partial charge in [-0.15, -0.1) is 0 Å². The van der Waals surface area contributed by atoms with Crippen molar-refractivity contribution in [3.8, 4) is 23.0 Å². The molecule has 4 rings (SSSR count). The van der Waals surface area contributed by atoms with Crippen molar-refractivity contribution in [1.29, 1.82) is 0 Å². The molecule has 0 amide bonds. The van der Waals surface area contributed by atoms with E-state index < -0.39 is 11.9 Å². The molecule has 0 aliphatic heterocycles. The van der Waals surface area contributed by atoms with Crippen LogP contribution in [0.1, 0.15) is 0 Å². The summed E-state index contributed by atoms with van der Waals surface area (Å²) in [6.07, 6.45) is 2.22. The molecule has 6 heteroatoms. The van der Waals surface area contributed by atoms with E-state index in [4.69, 9.17) is 14.2 Å². The zero-order valence-electron chi connectivity index (χ0n) is 19.4. The average molecular weight is 478 g/mol. The van der Waals surface area contributed by atoms with Gasteiger partial charge in [-0.05, 0) is 72.8 Å². The maximum Gasteiger partial charge on any atom is 0.335 e. The lowest BCUT2D eigenvalue weighted by Crippen LogP contribution is -2.11. The van der Waals surface area contributed by atoms with Gasteiger partial charge >= 0.3 is 11.9 Å². The van der Waals surface area contributed by atoms with Gasteiger partial charge in [0.1, 0.15) is 23.0 Å². The quantitative estimate of drug-likeness (QED) is 0.145. The van der Waals surface area contributed by atoms with Crippen LogP contribution in [0.15, 0.2) is 128 Å². The first kappa shape index (κ1) is 24.0. The number of esters is 2. The Kier molecular flexibility index (Phi) is 7.58. The fourth-order valence-electron chi connectivity index (χ4n) is 3.40. The number of rotatable bonds is 9. The van der Waals surface area contributed by atoms with E-state index in [2.05, 4.69) is 13.2 Å². The lowest BCUT2D eigenvalue weighted by Gasteiger charge is -2.26. The summed E-state index contributed by atoms with van der Waals surface area (Å²) >= 11 is 0. The van der Waals surface area contributed by atoms with Crippen LogP contribution >= 0.6 is 0 Å². The Morgan fingerprint density at radius 3 is 1.64 bits per heavy atom. The molecule has 0 aromatic heterocycles. The molecule has 0 aliphatic rings. The second-order valence-electron chi connectivity index (χ2n) is 7.49. The van der Waals surface area contributed by atoms with Gasteiger partial charge in [-0.1, -0.05) is 37.4 Å². The van der Waals surface area contributed by atoms with Crippen LogP contribution in [0.3, 0.4) is 0 Å². The molecule has 0 saturated carbocycles. The molecule has 6 nitrogen and oxygen atoms in total. The van der Waals surface area contributed by atoms with E-state index in [1.807, 2.05) is 77.7 Å². The van der Waals surface area contributed by atoms with Crippen LogP contribution in [0.2, 0.25) is 0 Å². The van der Waals surface area contributed by atoms with Gasteiger partial charge < -0.3 is 19.1 Å². The number of anilines is 3. The van der Waals surface area contributed by atoms with E-state index >= 15 is 0 Å². The summed E-state index contributed by atoms with van der Waals surface area (Å²) in [5, 5.41) is 0. The van der Waals surface area contributed by atoms with Crippen LogP contribution in [0.4, 0.5) is 17.1 Å². The van der Waals surface area contributed by atoms with Gasteiger partial charge in [0, 0.05) is 35.3 Å². The monoisotopic (exact) mass is 477 g/mol. The molecule has 178 valence electrons. The van der Waals surface area contributed by atoms with E-state index in [1.54, 1.807) is 30.3 Å². The van der Waals surface area contributed by atoms with E-state index in [0.29, 0.717) is 17.2 Å². The minimum atomic E-state index is -0.547. The third-order valence-corrected chi connectivity index (χ3v) is 5.01. The second-order valence-corrected chi connectivity index (χ2v) is 7.49. The van der Waals surface area contributed by atoms with Crippen molar-refractivity contribution in [1.82, 2.24) is 0 Å². The van der Waals surface area contributed by atoms with Crippen LogP contribution in [0.5, 0.6) is 23.0 Å². The Labute approximate surface area is 209 Å². The Morgan fingerprint density at radius 2 is 1.06 bits per heavy atom. The number of hydrogen-bond acceptors (Lipinski definition) is 6. The Hall–Kier alpha value is -5.10. The Balaban J connectivity index is 1.68. The second kappa shape index (κ2) is 11.4. The number of carbonyl (C=O) groups excluding carboxylic acids is 2. The fraction of sp³-hybridized carbons (Fsp3) is 0. The van der Waals surface area contributed by atoms with Crippen LogP contribution in [-0.4, -0.2) is 11.9 Å². The molecule has 0 radical (unpaired) electrons. The number of nitrogens with zero attached hydrogens (tertiary/aromatic N) is 1. The lowest BCUT2D eigenvalue weighted by molar-refractivity contribution is -0.129. The van der Waals surface area contributed by atoms with E-state index in [9.17, 15) is 9.59 Å².